The second-order valence-corrected chi connectivity index (χ2v) is 4.95. The maximum absolute atomic E-state index is 11.5. The first-order valence-electron chi connectivity index (χ1n) is 5.53. The van der Waals surface area contributed by atoms with E-state index in [1.165, 1.54) is 12.8 Å². The van der Waals surface area contributed by atoms with E-state index >= 15 is 0 Å². The number of anilines is 1. The van der Waals surface area contributed by atoms with Crippen LogP contribution in [0, 0.1) is 0 Å². The Bertz CT molecular complexity index is 360. The largest absolute Gasteiger partial charge is 0.326 e. The van der Waals surface area contributed by atoms with Crippen LogP contribution in [-0.2, 0) is 4.79 Å². The van der Waals surface area contributed by atoms with Crippen molar-refractivity contribution in [3.05, 3.63) is 28.7 Å². The van der Waals surface area contributed by atoms with Crippen LogP contribution in [0.5, 0.6) is 0 Å². The molecule has 1 aliphatic rings. The van der Waals surface area contributed by atoms with E-state index in [0.29, 0.717) is 12.5 Å². The van der Waals surface area contributed by atoms with Crippen molar-refractivity contribution in [2.75, 3.05) is 11.9 Å². The summed E-state index contributed by atoms with van der Waals surface area (Å²) in [5.41, 5.74) is 0.847. The predicted octanol–water partition coefficient (Wildman–Crippen LogP) is 2.53. The highest BCUT2D eigenvalue weighted by Crippen LogP contribution is 2.18. The first-order chi connectivity index (χ1) is 7.74. The molecule has 0 aliphatic heterocycles. The molecule has 1 aromatic rings. The van der Waals surface area contributed by atoms with Crippen molar-refractivity contribution in [3.8, 4) is 0 Å². The monoisotopic (exact) mass is 282 g/mol. The highest BCUT2D eigenvalue weighted by atomic mass is 79.9. The number of hydrogen-bond acceptors (Lipinski definition) is 2. The van der Waals surface area contributed by atoms with Gasteiger partial charge in [0.25, 0.3) is 0 Å². The zero-order valence-electron chi connectivity index (χ0n) is 9.00. The van der Waals surface area contributed by atoms with Crippen molar-refractivity contribution in [1.29, 1.82) is 0 Å². The van der Waals surface area contributed by atoms with Gasteiger partial charge in [-0.25, -0.2) is 0 Å². The fourth-order valence-electron chi connectivity index (χ4n) is 1.43. The summed E-state index contributed by atoms with van der Waals surface area (Å²) in [5.74, 6) is 0.0653. The number of carbonyl (C=O) groups excluding carboxylic acids is 1. The molecule has 0 unspecified atom stereocenters. The summed E-state index contributed by atoms with van der Waals surface area (Å²) in [4.78, 5) is 11.5. The van der Waals surface area contributed by atoms with Crippen LogP contribution in [0.2, 0.25) is 0 Å². The van der Waals surface area contributed by atoms with Crippen LogP contribution in [-0.4, -0.2) is 18.5 Å². The molecule has 1 saturated carbocycles. The fourth-order valence-corrected chi connectivity index (χ4v) is 1.70. The van der Waals surface area contributed by atoms with E-state index in [1.807, 2.05) is 24.3 Å². The smallest absolute Gasteiger partial charge is 0.225 e. The predicted molar refractivity (Wildman–Crippen MR) is 68.4 cm³/mol. The second kappa shape index (κ2) is 5.46. The Balaban J connectivity index is 1.70. The Kier molecular flexibility index (Phi) is 3.96. The summed E-state index contributed by atoms with van der Waals surface area (Å²) in [6.45, 7) is 0.771. The molecule has 1 fully saturated rings. The maximum Gasteiger partial charge on any atom is 0.225 e. The molecule has 2 rings (SSSR count). The molecule has 0 aromatic heterocycles. The summed E-state index contributed by atoms with van der Waals surface area (Å²) < 4.78 is 1.01. The lowest BCUT2D eigenvalue weighted by Crippen LogP contribution is -2.23. The van der Waals surface area contributed by atoms with E-state index < -0.39 is 0 Å². The zero-order chi connectivity index (χ0) is 11.4. The molecule has 16 heavy (non-hydrogen) atoms. The van der Waals surface area contributed by atoms with Crippen LogP contribution in [0.3, 0.4) is 0 Å². The Morgan fingerprint density at radius 1 is 1.31 bits per heavy atom. The van der Waals surface area contributed by atoms with Crippen molar-refractivity contribution in [2.45, 2.75) is 25.3 Å². The lowest BCUT2D eigenvalue weighted by atomic mass is 10.3. The van der Waals surface area contributed by atoms with Gasteiger partial charge in [0.05, 0.1) is 0 Å². The minimum Gasteiger partial charge on any atom is -0.326 e. The molecule has 0 radical (unpaired) electrons. The Morgan fingerprint density at radius 3 is 2.62 bits per heavy atom. The molecule has 4 heteroatoms. The molecule has 0 saturated heterocycles. The molecule has 0 bridgehead atoms. The third-order valence-electron chi connectivity index (χ3n) is 2.49. The molecule has 3 nitrogen and oxygen atoms in total. The van der Waals surface area contributed by atoms with Crippen LogP contribution >= 0.6 is 15.9 Å². The molecule has 1 aliphatic carbocycles. The van der Waals surface area contributed by atoms with Gasteiger partial charge in [0.1, 0.15) is 0 Å². The van der Waals surface area contributed by atoms with Crippen molar-refractivity contribution in [2.24, 2.45) is 0 Å². The number of hydrogen-bond donors (Lipinski definition) is 2. The van der Waals surface area contributed by atoms with Crippen LogP contribution < -0.4 is 10.6 Å². The van der Waals surface area contributed by atoms with Crippen LogP contribution in [0.1, 0.15) is 19.3 Å². The quantitative estimate of drug-likeness (QED) is 0.872. The molecule has 86 valence electrons. The second-order valence-electron chi connectivity index (χ2n) is 4.03. The summed E-state index contributed by atoms with van der Waals surface area (Å²) in [6, 6.07) is 8.27. The first kappa shape index (κ1) is 11.6. The highest BCUT2D eigenvalue weighted by molar-refractivity contribution is 9.10. The molecular weight excluding hydrogens is 268 g/mol. The van der Waals surface area contributed by atoms with Crippen molar-refractivity contribution >= 4 is 27.5 Å². The first-order valence-corrected chi connectivity index (χ1v) is 6.32. The van der Waals surface area contributed by atoms with Gasteiger partial charge in [-0.3, -0.25) is 4.79 Å². The molecule has 1 amide bonds. The van der Waals surface area contributed by atoms with Gasteiger partial charge >= 0.3 is 0 Å². The van der Waals surface area contributed by atoms with E-state index in [-0.39, 0.29) is 5.91 Å². The van der Waals surface area contributed by atoms with Crippen LogP contribution in [0.15, 0.2) is 28.7 Å². The van der Waals surface area contributed by atoms with Crippen molar-refractivity contribution in [3.63, 3.8) is 0 Å². The van der Waals surface area contributed by atoms with Gasteiger partial charge in [-0.2, -0.15) is 0 Å². The topological polar surface area (TPSA) is 41.1 Å². The Labute approximate surface area is 104 Å². The van der Waals surface area contributed by atoms with Gasteiger partial charge in [0, 0.05) is 29.2 Å². The van der Waals surface area contributed by atoms with Crippen molar-refractivity contribution in [1.82, 2.24) is 5.32 Å². The standard InChI is InChI=1S/C12H15BrN2O/c13-9-1-3-11(4-2-9)15-12(16)7-8-14-10-5-6-10/h1-4,10,14H,5-8H2,(H,15,16). The third-order valence-corrected chi connectivity index (χ3v) is 3.02. The number of halogens is 1. The SMILES string of the molecule is O=C(CCNC1CC1)Nc1ccc(Br)cc1. The number of rotatable bonds is 5. The van der Waals surface area contributed by atoms with Crippen molar-refractivity contribution < 1.29 is 4.79 Å². The maximum atomic E-state index is 11.5. The molecule has 0 atom stereocenters. The van der Waals surface area contributed by atoms with Gasteiger partial charge in [0.2, 0.25) is 5.91 Å². The summed E-state index contributed by atoms with van der Waals surface area (Å²) in [5, 5.41) is 6.18. The minimum atomic E-state index is 0.0653. The van der Waals surface area contributed by atoms with Crippen LogP contribution in [0.4, 0.5) is 5.69 Å². The minimum absolute atomic E-state index is 0.0653. The van der Waals surface area contributed by atoms with E-state index in [4.69, 9.17) is 0 Å². The Morgan fingerprint density at radius 2 is 2.00 bits per heavy atom. The number of carbonyl (C=O) groups is 1. The van der Waals surface area contributed by atoms with E-state index in [9.17, 15) is 4.79 Å². The number of benzene rings is 1. The summed E-state index contributed by atoms with van der Waals surface area (Å²) >= 11 is 3.35. The van der Waals surface area contributed by atoms with Crippen LogP contribution in [0.25, 0.3) is 0 Å². The third kappa shape index (κ3) is 3.94. The van der Waals surface area contributed by atoms with Gasteiger partial charge < -0.3 is 10.6 Å². The molecule has 0 heterocycles. The lowest BCUT2D eigenvalue weighted by Gasteiger charge is -2.05. The van der Waals surface area contributed by atoms with Gasteiger partial charge in [-0.1, -0.05) is 15.9 Å². The van der Waals surface area contributed by atoms with Gasteiger partial charge in [0.15, 0.2) is 0 Å². The summed E-state index contributed by atoms with van der Waals surface area (Å²) in [7, 11) is 0. The van der Waals surface area contributed by atoms with Gasteiger partial charge in [-0.15, -0.1) is 0 Å². The fraction of sp³-hybridized carbons (Fsp3) is 0.417. The number of amides is 1. The molecule has 2 N–H and O–H groups in total. The van der Waals surface area contributed by atoms with E-state index in [0.717, 1.165) is 16.7 Å². The highest BCUT2D eigenvalue weighted by Gasteiger charge is 2.19. The van der Waals surface area contributed by atoms with E-state index in [2.05, 4.69) is 26.6 Å². The average molecular weight is 283 g/mol. The number of nitrogens with one attached hydrogen (secondary N) is 2. The summed E-state index contributed by atoms with van der Waals surface area (Å²) in [6.07, 6.45) is 3.05. The van der Waals surface area contributed by atoms with E-state index in [1.54, 1.807) is 0 Å². The Hall–Kier alpha value is -0.870. The zero-order valence-corrected chi connectivity index (χ0v) is 10.6. The molecule has 0 spiro atoms. The van der Waals surface area contributed by atoms with Gasteiger partial charge in [-0.05, 0) is 37.1 Å². The average Bonchev–Trinajstić information content (AvgIpc) is 3.05. The molecule has 1 aromatic carbocycles. The normalized spacial score (nSPS) is 14.8. The molecular formula is C12H15BrN2O. The lowest BCUT2D eigenvalue weighted by molar-refractivity contribution is -0.116.